The molecule has 0 saturated carbocycles. The molecule has 16 heavy (non-hydrogen) atoms. The molecule has 1 unspecified atom stereocenters. The zero-order valence-electron chi connectivity index (χ0n) is 10.3. The van der Waals surface area contributed by atoms with Crippen LogP contribution in [-0.2, 0) is 10.3 Å². The predicted molar refractivity (Wildman–Crippen MR) is 62.2 cm³/mol. The Morgan fingerprint density at radius 2 is 1.94 bits per heavy atom. The zero-order valence-corrected chi connectivity index (χ0v) is 10.3. The Hall–Kier alpha value is -1.22. The molecule has 1 aromatic carbocycles. The van der Waals surface area contributed by atoms with Crippen LogP contribution in [0.25, 0.3) is 0 Å². The first-order valence-electron chi connectivity index (χ1n) is 5.48. The van der Waals surface area contributed by atoms with Crippen LogP contribution >= 0.6 is 0 Å². The molecule has 0 radical (unpaired) electrons. The van der Waals surface area contributed by atoms with Gasteiger partial charge in [0, 0.05) is 17.5 Å². The minimum atomic E-state index is -0.192. The molecule has 1 aromatic rings. The number of hydrogen-bond acceptors (Lipinski definition) is 3. The van der Waals surface area contributed by atoms with Gasteiger partial charge in [0.15, 0.2) is 0 Å². The molecule has 88 valence electrons. The Labute approximate surface area is 96.3 Å². The third-order valence-corrected chi connectivity index (χ3v) is 3.35. The van der Waals surface area contributed by atoms with Crippen LogP contribution in [0.5, 0.6) is 11.5 Å². The van der Waals surface area contributed by atoms with Crippen molar-refractivity contribution in [3.8, 4) is 11.5 Å². The lowest BCUT2D eigenvalue weighted by Gasteiger charge is -2.40. The lowest BCUT2D eigenvalue weighted by atomic mass is 9.86. The Morgan fingerprint density at radius 1 is 1.25 bits per heavy atom. The first kappa shape index (κ1) is 11.3. The van der Waals surface area contributed by atoms with Crippen LogP contribution < -0.4 is 9.47 Å². The topological polar surface area (TPSA) is 27.7 Å². The van der Waals surface area contributed by atoms with E-state index < -0.39 is 0 Å². The van der Waals surface area contributed by atoms with Crippen molar-refractivity contribution in [2.24, 2.45) is 0 Å². The number of ether oxygens (including phenoxy) is 3. The Balaban J connectivity index is 2.50. The minimum absolute atomic E-state index is 0.192. The first-order valence-corrected chi connectivity index (χ1v) is 5.48. The van der Waals surface area contributed by atoms with E-state index in [0.717, 1.165) is 35.7 Å². The molecular formula is C13H18O3. The van der Waals surface area contributed by atoms with Crippen molar-refractivity contribution in [1.82, 2.24) is 0 Å². The summed E-state index contributed by atoms with van der Waals surface area (Å²) in [4.78, 5) is 0. The SMILES string of the molecule is COc1ccc(C2(C)CCO2)c(OC)c1C. The molecule has 1 fully saturated rings. The highest BCUT2D eigenvalue weighted by Gasteiger charge is 2.38. The molecule has 1 aliphatic heterocycles. The van der Waals surface area contributed by atoms with Crippen molar-refractivity contribution >= 4 is 0 Å². The van der Waals surface area contributed by atoms with E-state index >= 15 is 0 Å². The normalized spacial score (nSPS) is 23.8. The Morgan fingerprint density at radius 3 is 2.38 bits per heavy atom. The molecule has 2 rings (SSSR count). The van der Waals surface area contributed by atoms with Crippen molar-refractivity contribution in [3.63, 3.8) is 0 Å². The van der Waals surface area contributed by atoms with E-state index in [0.29, 0.717) is 0 Å². The molecule has 3 heteroatoms. The number of methoxy groups -OCH3 is 2. The molecule has 1 saturated heterocycles. The lowest BCUT2D eigenvalue weighted by Crippen LogP contribution is -2.38. The molecule has 0 aromatic heterocycles. The van der Waals surface area contributed by atoms with Crippen LogP contribution in [0.3, 0.4) is 0 Å². The highest BCUT2D eigenvalue weighted by atomic mass is 16.5. The highest BCUT2D eigenvalue weighted by molar-refractivity contribution is 5.51. The molecule has 1 heterocycles. The number of rotatable bonds is 3. The second-order valence-corrected chi connectivity index (χ2v) is 4.30. The summed E-state index contributed by atoms with van der Waals surface area (Å²) in [6.07, 6.45) is 1.04. The van der Waals surface area contributed by atoms with E-state index in [4.69, 9.17) is 14.2 Å². The number of benzene rings is 1. The van der Waals surface area contributed by atoms with Crippen LogP contribution in [0.15, 0.2) is 12.1 Å². The van der Waals surface area contributed by atoms with E-state index in [-0.39, 0.29) is 5.60 Å². The largest absolute Gasteiger partial charge is 0.496 e. The monoisotopic (exact) mass is 222 g/mol. The van der Waals surface area contributed by atoms with E-state index in [2.05, 4.69) is 6.92 Å². The van der Waals surface area contributed by atoms with Gasteiger partial charge in [-0.1, -0.05) is 0 Å². The lowest BCUT2D eigenvalue weighted by molar-refractivity contribution is -0.141. The Bertz CT molecular complexity index is 394. The van der Waals surface area contributed by atoms with E-state index in [1.807, 2.05) is 19.1 Å². The summed E-state index contributed by atoms with van der Waals surface area (Å²) in [7, 11) is 3.36. The first-order chi connectivity index (χ1) is 7.62. The fourth-order valence-electron chi connectivity index (χ4n) is 2.19. The van der Waals surface area contributed by atoms with Gasteiger partial charge in [-0.05, 0) is 26.0 Å². The highest BCUT2D eigenvalue weighted by Crippen LogP contribution is 2.44. The number of hydrogen-bond donors (Lipinski definition) is 0. The van der Waals surface area contributed by atoms with Crippen molar-refractivity contribution in [2.75, 3.05) is 20.8 Å². The van der Waals surface area contributed by atoms with Crippen LogP contribution in [-0.4, -0.2) is 20.8 Å². The van der Waals surface area contributed by atoms with E-state index in [1.54, 1.807) is 14.2 Å². The molecular weight excluding hydrogens is 204 g/mol. The third-order valence-electron chi connectivity index (χ3n) is 3.35. The summed E-state index contributed by atoms with van der Waals surface area (Å²) in [5.41, 5.74) is 1.95. The second-order valence-electron chi connectivity index (χ2n) is 4.30. The summed E-state index contributed by atoms with van der Waals surface area (Å²) >= 11 is 0. The molecule has 3 nitrogen and oxygen atoms in total. The van der Waals surface area contributed by atoms with Crippen molar-refractivity contribution in [2.45, 2.75) is 25.9 Å². The van der Waals surface area contributed by atoms with Gasteiger partial charge in [-0.2, -0.15) is 0 Å². The fourth-order valence-corrected chi connectivity index (χ4v) is 2.19. The van der Waals surface area contributed by atoms with Crippen molar-refractivity contribution in [1.29, 1.82) is 0 Å². The van der Waals surface area contributed by atoms with Gasteiger partial charge < -0.3 is 14.2 Å². The average Bonchev–Trinajstić information content (AvgIpc) is 2.25. The van der Waals surface area contributed by atoms with Crippen LogP contribution in [0.2, 0.25) is 0 Å². The van der Waals surface area contributed by atoms with Gasteiger partial charge in [0.25, 0.3) is 0 Å². The van der Waals surface area contributed by atoms with Crippen molar-refractivity contribution < 1.29 is 14.2 Å². The fraction of sp³-hybridized carbons (Fsp3) is 0.538. The molecule has 0 amide bonds. The summed E-state index contributed by atoms with van der Waals surface area (Å²) < 4.78 is 16.4. The Kier molecular flexibility index (Phi) is 2.80. The van der Waals surface area contributed by atoms with Crippen LogP contribution in [0, 0.1) is 6.92 Å². The standard InChI is InChI=1S/C13H18O3/c1-9-11(14-3)6-5-10(12(9)15-4)13(2)7-8-16-13/h5-6H,7-8H2,1-4H3. The molecule has 0 N–H and O–H groups in total. The van der Waals surface area contributed by atoms with Gasteiger partial charge in [0.05, 0.1) is 26.4 Å². The van der Waals surface area contributed by atoms with E-state index in [1.165, 1.54) is 0 Å². The molecule has 0 spiro atoms. The average molecular weight is 222 g/mol. The minimum Gasteiger partial charge on any atom is -0.496 e. The van der Waals surface area contributed by atoms with Gasteiger partial charge in [-0.15, -0.1) is 0 Å². The second kappa shape index (κ2) is 3.98. The third kappa shape index (κ3) is 1.55. The smallest absolute Gasteiger partial charge is 0.131 e. The summed E-state index contributed by atoms with van der Waals surface area (Å²) in [5.74, 6) is 1.73. The zero-order chi connectivity index (χ0) is 11.8. The maximum atomic E-state index is 5.65. The van der Waals surface area contributed by atoms with E-state index in [9.17, 15) is 0 Å². The van der Waals surface area contributed by atoms with Crippen molar-refractivity contribution in [3.05, 3.63) is 23.3 Å². The van der Waals surface area contributed by atoms with Crippen LogP contribution in [0.4, 0.5) is 0 Å². The molecule has 1 aliphatic rings. The summed E-state index contributed by atoms with van der Waals surface area (Å²) in [5, 5.41) is 0. The molecule has 0 bridgehead atoms. The summed E-state index contributed by atoms with van der Waals surface area (Å²) in [6, 6.07) is 4.00. The van der Waals surface area contributed by atoms with Gasteiger partial charge in [0.2, 0.25) is 0 Å². The predicted octanol–water partition coefficient (Wildman–Crippen LogP) is 2.65. The molecule has 0 aliphatic carbocycles. The van der Waals surface area contributed by atoms with Crippen LogP contribution in [0.1, 0.15) is 24.5 Å². The van der Waals surface area contributed by atoms with Gasteiger partial charge >= 0.3 is 0 Å². The van der Waals surface area contributed by atoms with Gasteiger partial charge in [-0.25, -0.2) is 0 Å². The maximum Gasteiger partial charge on any atom is 0.131 e. The molecule has 1 atom stereocenters. The summed E-state index contributed by atoms with van der Waals surface area (Å²) in [6.45, 7) is 4.92. The van der Waals surface area contributed by atoms with Gasteiger partial charge in [-0.3, -0.25) is 0 Å². The quantitative estimate of drug-likeness (QED) is 0.787. The van der Waals surface area contributed by atoms with Gasteiger partial charge in [0.1, 0.15) is 11.5 Å². The maximum absolute atomic E-state index is 5.65.